The summed E-state index contributed by atoms with van der Waals surface area (Å²) in [4.78, 5) is 0. The molecule has 0 saturated heterocycles. The van der Waals surface area contributed by atoms with Crippen LogP contribution in [0.5, 0.6) is 0 Å². The van der Waals surface area contributed by atoms with Crippen LogP contribution in [0.3, 0.4) is 0 Å². The molecule has 2 bridgehead atoms. The predicted octanol–water partition coefficient (Wildman–Crippen LogP) is 3.05. The molecule has 2 aliphatic rings. The lowest BCUT2D eigenvalue weighted by Gasteiger charge is -2.22. The molecular weight excluding hydrogens is 234 g/mol. The fourth-order valence-corrected chi connectivity index (χ4v) is 4.24. The van der Waals surface area contributed by atoms with Gasteiger partial charge in [-0.2, -0.15) is 5.10 Å². The number of rotatable bonds is 5. The average molecular weight is 261 g/mol. The maximum absolute atomic E-state index is 4.79. The van der Waals surface area contributed by atoms with Crippen LogP contribution in [0.4, 0.5) is 0 Å². The average Bonchev–Trinajstić information content (AvgIpc) is 3.05. The normalized spacial score (nSPS) is 29.3. The summed E-state index contributed by atoms with van der Waals surface area (Å²) in [5.74, 6) is 2.92. The standard InChI is InChI=1S/C16H27N3/c1-4-17-9-16-11(2)18-19(12(16)3)10-15-8-13-5-6-14(15)7-13/h13-15,17H,4-10H2,1-3H3. The smallest absolute Gasteiger partial charge is 0.0641 e. The Balaban J connectivity index is 1.71. The van der Waals surface area contributed by atoms with Crippen LogP contribution in [0, 0.1) is 31.6 Å². The maximum atomic E-state index is 4.79. The second-order valence-electron chi connectivity index (χ2n) is 6.55. The van der Waals surface area contributed by atoms with Crippen LogP contribution in [0.2, 0.25) is 0 Å². The van der Waals surface area contributed by atoms with Gasteiger partial charge in [-0.3, -0.25) is 4.68 Å². The van der Waals surface area contributed by atoms with E-state index < -0.39 is 0 Å². The van der Waals surface area contributed by atoms with E-state index in [0.29, 0.717) is 0 Å². The summed E-state index contributed by atoms with van der Waals surface area (Å²) in [5, 5.41) is 8.21. The summed E-state index contributed by atoms with van der Waals surface area (Å²) in [6, 6.07) is 0. The van der Waals surface area contributed by atoms with Crippen molar-refractivity contribution in [2.24, 2.45) is 17.8 Å². The summed E-state index contributed by atoms with van der Waals surface area (Å²) in [6.45, 7) is 9.68. The Hall–Kier alpha value is -0.830. The van der Waals surface area contributed by atoms with Crippen molar-refractivity contribution in [2.75, 3.05) is 6.54 Å². The Morgan fingerprint density at radius 1 is 1.26 bits per heavy atom. The third-order valence-electron chi connectivity index (χ3n) is 5.38. The van der Waals surface area contributed by atoms with Gasteiger partial charge in [-0.15, -0.1) is 0 Å². The molecule has 1 heterocycles. The first-order chi connectivity index (χ1) is 9.19. The van der Waals surface area contributed by atoms with E-state index in [0.717, 1.165) is 37.4 Å². The SMILES string of the molecule is CCNCc1c(C)nn(CC2CC3CCC2C3)c1C. The maximum Gasteiger partial charge on any atom is 0.0641 e. The first-order valence-electron chi connectivity index (χ1n) is 7.92. The zero-order chi connectivity index (χ0) is 13.4. The molecule has 3 nitrogen and oxygen atoms in total. The van der Waals surface area contributed by atoms with E-state index in [4.69, 9.17) is 5.10 Å². The van der Waals surface area contributed by atoms with E-state index in [9.17, 15) is 0 Å². The van der Waals surface area contributed by atoms with Crippen molar-refractivity contribution in [1.82, 2.24) is 15.1 Å². The van der Waals surface area contributed by atoms with Crippen LogP contribution in [0.1, 0.15) is 49.6 Å². The van der Waals surface area contributed by atoms with E-state index in [1.165, 1.54) is 42.6 Å². The molecule has 0 aliphatic heterocycles. The van der Waals surface area contributed by atoms with Crippen molar-refractivity contribution >= 4 is 0 Å². The quantitative estimate of drug-likeness (QED) is 0.883. The highest BCUT2D eigenvalue weighted by atomic mass is 15.3. The number of aryl methyl sites for hydroxylation is 1. The molecule has 1 N–H and O–H groups in total. The minimum atomic E-state index is 0.892. The fraction of sp³-hybridized carbons (Fsp3) is 0.812. The Bertz CT molecular complexity index is 449. The predicted molar refractivity (Wildman–Crippen MR) is 78.0 cm³/mol. The van der Waals surface area contributed by atoms with Crippen LogP contribution < -0.4 is 5.32 Å². The molecule has 19 heavy (non-hydrogen) atoms. The molecule has 1 aromatic heterocycles. The zero-order valence-electron chi connectivity index (χ0n) is 12.6. The third-order valence-corrected chi connectivity index (χ3v) is 5.38. The van der Waals surface area contributed by atoms with Crippen molar-refractivity contribution in [3.8, 4) is 0 Å². The number of hydrogen-bond donors (Lipinski definition) is 1. The zero-order valence-corrected chi connectivity index (χ0v) is 12.6. The summed E-state index contributed by atoms with van der Waals surface area (Å²) in [7, 11) is 0. The molecular formula is C16H27N3. The summed E-state index contributed by atoms with van der Waals surface area (Å²) in [6.07, 6.45) is 5.91. The lowest BCUT2D eigenvalue weighted by Crippen LogP contribution is -2.19. The molecule has 2 aliphatic carbocycles. The van der Waals surface area contributed by atoms with Gasteiger partial charge >= 0.3 is 0 Å². The van der Waals surface area contributed by atoms with Gasteiger partial charge in [0.25, 0.3) is 0 Å². The molecule has 2 saturated carbocycles. The minimum absolute atomic E-state index is 0.892. The Morgan fingerprint density at radius 2 is 2.11 bits per heavy atom. The van der Waals surface area contributed by atoms with Crippen LogP contribution in [-0.4, -0.2) is 16.3 Å². The Morgan fingerprint density at radius 3 is 2.74 bits per heavy atom. The first-order valence-corrected chi connectivity index (χ1v) is 7.92. The largest absolute Gasteiger partial charge is 0.313 e. The Kier molecular flexibility index (Phi) is 3.66. The molecule has 1 aromatic rings. The van der Waals surface area contributed by atoms with E-state index in [1.54, 1.807) is 0 Å². The number of nitrogens with one attached hydrogen (secondary N) is 1. The fourth-order valence-electron chi connectivity index (χ4n) is 4.24. The van der Waals surface area contributed by atoms with Crippen molar-refractivity contribution in [2.45, 2.75) is 59.5 Å². The minimum Gasteiger partial charge on any atom is -0.313 e. The van der Waals surface area contributed by atoms with Gasteiger partial charge in [0.15, 0.2) is 0 Å². The monoisotopic (exact) mass is 261 g/mol. The molecule has 2 fully saturated rings. The number of fused-ring (bicyclic) bond motifs is 2. The molecule has 0 spiro atoms. The molecule has 0 amide bonds. The van der Waals surface area contributed by atoms with E-state index in [2.05, 4.69) is 30.8 Å². The molecule has 0 aromatic carbocycles. The van der Waals surface area contributed by atoms with Crippen LogP contribution in [-0.2, 0) is 13.1 Å². The second kappa shape index (κ2) is 5.28. The number of hydrogen-bond acceptors (Lipinski definition) is 2. The molecule has 3 unspecified atom stereocenters. The van der Waals surface area contributed by atoms with Crippen LogP contribution >= 0.6 is 0 Å². The first kappa shape index (κ1) is 13.2. The van der Waals surface area contributed by atoms with Crippen molar-refractivity contribution in [1.29, 1.82) is 0 Å². The summed E-state index contributed by atoms with van der Waals surface area (Å²) >= 11 is 0. The third kappa shape index (κ3) is 2.45. The highest BCUT2D eigenvalue weighted by Gasteiger charge is 2.39. The second-order valence-corrected chi connectivity index (χ2v) is 6.55. The van der Waals surface area contributed by atoms with Gasteiger partial charge in [-0.25, -0.2) is 0 Å². The highest BCUT2D eigenvalue weighted by Crippen LogP contribution is 2.48. The molecule has 0 radical (unpaired) electrons. The topological polar surface area (TPSA) is 29.9 Å². The van der Waals surface area contributed by atoms with Gasteiger partial charge in [0.2, 0.25) is 0 Å². The molecule has 3 atom stereocenters. The molecule has 3 rings (SSSR count). The number of aromatic nitrogens is 2. The van der Waals surface area contributed by atoms with E-state index in [-0.39, 0.29) is 0 Å². The molecule has 3 heteroatoms. The van der Waals surface area contributed by atoms with E-state index >= 15 is 0 Å². The van der Waals surface area contributed by atoms with Gasteiger partial charge in [-0.05, 0) is 57.4 Å². The van der Waals surface area contributed by atoms with Crippen molar-refractivity contribution in [3.63, 3.8) is 0 Å². The molecule has 106 valence electrons. The van der Waals surface area contributed by atoms with Crippen LogP contribution in [0.25, 0.3) is 0 Å². The van der Waals surface area contributed by atoms with Gasteiger partial charge in [0, 0.05) is 24.3 Å². The van der Waals surface area contributed by atoms with Gasteiger partial charge in [-0.1, -0.05) is 13.3 Å². The van der Waals surface area contributed by atoms with Gasteiger partial charge in [0.05, 0.1) is 5.69 Å². The van der Waals surface area contributed by atoms with Crippen molar-refractivity contribution in [3.05, 3.63) is 17.0 Å². The Labute approximate surface area is 116 Å². The summed E-state index contributed by atoms with van der Waals surface area (Å²) in [5.41, 5.74) is 3.99. The summed E-state index contributed by atoms with van der Waals surface area (Å²) < 4.78 is 2.29. The highest BCUT2D eigenvalue weighted by molar-refractivity contribution is 5.24. The van der Waals surface area contributed by atoms with Crippen LogP contribution in [0.15, 0.2) is 0 Å². The lowest BCUT2D eigenvalue weighted by atomic mass is 9.89. The van der Waals surface area contributed by atoms with Gasteiger partial charge in [0.1, 0.15) is 0 Å². The van der Waals surface area contributed by atoms with E-state index in [1.807, 2.05) is 0 Å². The number of nitrogens with zero attached hydrogens (tertiary/aromatic N) is 2. The lowest BCUT2D eigenvalue weighted by molar-refractivity contribution is 0.283. The van der Waals surface area contributed by atoms with Gasteiger partial charge < -0.3 is 5.32 Å². The van der Waals surface area contributed by atoms with Crippen molar-refractivity contribution < 1.29 is 0 Å².